The number of benzene rings is 2. The predicted octanol–water partition coefficient (Wildman–Crippen LogP) is 5.08. The molecule has 0 unspecified atom stereocenters. The number of fused-ring (bicyclic) bond motifs is 1. The Balaban J connectivity index is 1.32. The van der Waals surface area contributed by atoms with Crippen LogP contribution in [0, 0.1) is 13.8 Å². The Morgan fingerprint density at radius 2 is 1.58 bits per heavy atom. The first-order valence-electron chi connectivity index (χ1n) is 13.0. The summed E-state index contributed by atoms with van der Waals surface area (Å²) in [6.07, 6.45) is 1.78. The van der Waals surface area contributed by atoms with E-state index in [0.29, 0.717) is 26.2 Å². The van der Waals surface area contributed by atoms with Gasteiger partial charge in [0.1, 0.15) is 0 Å². The molecule has 2 amide bonds. The largest absolute Gasteiger partial charge is 0.340 e. The summed E-state index contributed by atoms with van der Waals surface area (Å²) in [6, 6.07) is 18.4. The van der Waals surface area contributed by atoms with Gasteiger partial charge < -0.3 is 9.80 Å². The number of rotatable bonds is 4. The van der Waals surface area contributed by atoms with Crippen molar-refractivity contribution in [2.75, 3.05) is 32.7 Å². The Bertz CT molecular complexity index is 1240. The summed E-state index contributed by atoms with van der Waals surface area (Å²) >= 11 is 1.82. The van der Waals surface area contributed by atoms with Crippen LogP contribution < -0.4 is 0 Å². The van der Waals surface area contributed by atoms with Crippen LogP contribution in [0.25, 0.3) is 0 Å². The van der Waals surface area contributed by atoms with Gasteiger partial charge in [0.25, 0.3) is 5.91 Å². The molecule has 0 aliphatic carbocycles. The fraction of sp³-hybridized carbons (Fsp3) is 0.400. The van der Waals surface area contributed by atoms with Crippen LogP contribution in [0.2, 0.25) is 0 Å². The highest BCUT2D eigenvalue weighted by molar-refractivity contribution is 7.10. The monoisotopic (exact) mass is 501 g/mol. The van der Waals surface area contributed by atoms with E-state index in [1.165, 1.54) is 21.6 Å². The van der Waals surface area contributed by atoms with Gasteiger partial charge in [-0.05, 0) is 73.9 Å². The van der Waals surface area contributed by atoms with Crippen LogP contribution in [0.1, 0.15) is 56.9 Å². The molecule has 0 radical (unpaired) electrons. The molecule has 3 heterocycles. The molecule has 5 rings (SSSR count). The van der Waals surface area contributed by atoms with Crippen LogP contribution in [0.15, 0.2) is 60.0 Å². The molecule has 2 aliphatic heterocycles. The Labute approximate surface area is 218 Å². The third kappa shape index (κ3) is 4.84. The summed E-state index contributed by atoms with van der Waals surface area (Å²) in [4.78, 5) is 34.6. The molecule has 0 saturated carbocycles. The first-order chi connectivity index (χ1) is 17.4. The van der Waals surface area contributed by atoms with E-state index in [2.05, 4.69) is 54.5 Å². The van der Waals surface area contributed by atoms with E-state index in [1.807, 2.05) is 52.3 Å². The quantitative estimate of drug-likeness (QED) is 0.501. The average Bonchev–Trinajstić information content (AvgIpc) is 3.24. The van der Waals surface area contributed by atoms with Crippen LogP contribution in [0.5, 0.6) is 0 Å². The standard InChI is InChI=1S/C30H35N3O2S/c1-21-9-11-24(12-10-21)30(35)32-16-6-15-31(18-19-32)29(34)23(3)33-17-13-27-26(14-20-36-27)28(33)25-8-5-4-7-22(25)2/h4-5,7-12,14,20,23,28H,6,13,15-19H2,1-3H3/t23-,28+/m0/s1. The van der Waals surface area contributed by atoms with Crippen molar-refractivity contribution in [1.82, 2.24) is 14.7 Å². The molecular formula is C30H35N3O2S. The summed E-state index contributed by atoms with van der Waals surface area (Å²) in [5.74, 6) is 0.217. The minimum atomic E-state index is -0.234. The van der Waals surface area contributed by atoms with Gasteiger partial charge in [-0.2, -0.15) is 0 Å². The third-order valence-corrected chi connectivity index (χ3v) is 8.73. The lowest BCUT2D eigenvalue weighted by Gasteiger charge is -2.41. The van der Waals surface area contributed by atoms with Crippen LogP contribution in [-0.4, -0.2) is 65.3 Å². The van der Waals surface area contributed by atoms with E-state index in [9.17, 15) is 9.59 Å². The van der Waals surface area contributed by atoms with Crippen LogP contribution in [0.4, 0.5) is 0 Å². The Morgan fingerprint density at radius 3 is 2.36 bits per heavy atom. The number of hydrogen-bond donors (Lipinski definition) is 0. The highest BCUT2D eigenvalue weighted by atomic mass is 32.1. The molecule has 2 aromatic carbocycles. The fourth-order valence-corrected chi connectivity index (χ4v) is 6.52. The zero-order valence-corrected chi connectivity index (χ0v) is 22.3. The zero-order chi connectivity index (χ0) is 25.2. The Kier molecular flexibility index (Phi) is 7.26. The number of amides is 2. The van der Waals surface area contributed by atoms with Crippen molar-refractivity contribution in [3.05, 3.63) is 92.7 Å². The second-order valence-electron chi connectivity index (χ2n) is 10.1. The molecule has 0 N–H and O–H groups in total. The molecule has 36 heavy (non-hydrogen) atoms. The Hall–Kier alpha value is -2.96. The van der Waals surface area contributed by atoms with E-state index in [0.717, 1.165) is 30.5 Å². The van der Waals surface area contributed by atoms with Gasteiger partial charge in [-0.15, -0.1) is 11.3 Å². The van der Waals surface area contributed by atoms with E-state index in [-0.39, 0.29) is 23.9 Å². The van der Waals surface area contributed by atoms with E-state index in [1.54, 1.807) is 0 Å². The van der Waals surface area contributed by atoms with Gasteiger partial charge in [0.15, 0.2) is 0 Å². The van der Waals surface area contributed by atoms with Crippen LogP contribution in [0.3, 0.4) is 0 Å². The lowest BCUT2D eigenvalue weighted by molar-refractivity contribution is -0.137. The van der Waals surface area contributed by atoms with Gasteiger partial charge in [-0.3, -0.25) is 14.5 Å². The van der Waals surface area contributed by atoms with Crippen molar-refractivity contribution in [3.63, 3.8) is 0 Å². The molecule has 2 atom stereocenters. The van der Waals surface area contributed by atoms with E-state index >= 15 is 0 Å². The summed E-state index contributed by atoms with van der Waals surface area (Å²) in [5.41, 5.74) is 5.73. The van der Waals surface area contributed by atoms with Crippen molar-refractivity contribution < 1.29 is 9.59 Å². The molecule has 2 aliphatic rings. The SMILES string of the molecule is Cc1ccc(C(=O)N2CCCN(C(=O)[C@H](C)N3CCc4sccc4[C@H]3c3ccccc3C)CC2)cc1. The first-order valence-corrected chi connectivity index (χ1v) is 13.8. The molecule has 0 bridgehead atoms. The molecule has 188 valence electrons. The van der Waals surface area contributed by atoms with Crippen molar-refractivity contribution >= 4 is 23.2 Å². The van der Waals surface area contributed by atoms with Crippen LogP contribution >= 0.6 is 11.3 Å². The fourth-order valence-electron chi connectivity index (χ4n) is 5.62. The number of hydrogen-bond acceptors (Lipinski definition) is 4. The maximum Gasteiger partial charge on any atom is 0.253 e. The van der Waals surface area contributed by atoms with Crippen molar-refractivity contribution in [1.29, 1.82) is 0 Å². The summed E-state index contributed by atoms with van der Waals surface area (Å²) < 4.78 is 0. The van der Waals surface area contributed by atoms with E-state index in [4.69, 9.17) is 0 Å². The van der Waals surface area contributed by atoms with Crippen molar-refractivity contribution in [2.24, 2.45) is 0 Å². The topological polar surface area (TPSA) is 43.9 Å². The van der Waals surface area contributed by atoms with Gasteiger partial charge in [-0.25, -0.2) is 0 Å². The number of carbonyl (C=O) groups is 2. The average molecular weight is 502 g/mol. The minimum Gasteiger partial charge on any atom is -0.340 e. The van der Waals surface area contributed by atoms with Gasteiger partial charge in [0.2, 0.25) is 5.91 Å². The molecule has 1 fully saturated rings. The number of nitrogens with zero attached hydrogens (tertiary/aromatic N) is 3. The van der Waals surface area contributed by atoms with Crippen LogP contribution in [-0.2, 0) is 11.2 Å². The van der Waals surface area contributed by atoms with Gasteiger partial charge in [0, 0.05) is 43.2 Å². The summed E-state index contributed by atoms with van der Waals surface area (Å²) in [6.45, 7) is 9.63. The third-order valence-electron chi connectivity index (χ3n) is 7.73. The molecule has 1 aromatic heterocycles. The number of aryl methyl sites for hydroxylation is 2. The summed E-state index contributed by atoms with van der Waals surface area (Å²) in [7, 11) is 0. The number of carbonyl (C=O) groups excluding carboxylic acids is 2. The molecule has 3 aromatic rings. The van der Waals surface area contributed by atoms with Gasteiger partial charge in [-0.1, -0.05) is 42.0 Å². The second kappa shape index (κ2) is 10.6. The lowest BCUT2D eigenvalue weighted by Crippen LogP contribution is -2.51. The number of thiophene rings is 1. The summed E-state index contributed by atoms with van der Waals surface area (Å²) in [5, 5.41) is 2.18. The second-order valence-corrected chi connectivity index (χ2v) is 11.1. The molecule has 5 nitrogen and oxygen atoms in total. The first kappa shape index (κ1) is 24.7. The molecular weight excluding hydrogens is 466 g/mol. The lowest BCUT2D eigenvalue weighted by atomic mass is 9.89. The normalized spacial score (nSPS) is 19.5. The Morgan fingerprint density at radius 1 is 0.861 bits per heavy atom. The van der Waals surface area contributed by atoms with Gasteiger partial charge >= 0.3 is 0 Å². The van der Waals surface area contributed by atoms with Crippen molar-refractivity contribution in [2.45, 2.75) is 45.7 Å². The predicted molar refractivity (Wildman–Crippen MR) is 145 cm³/mol. The minimum absolute atomic E-state index is 0.0537. The van der Waals surface area contributed by atoms with E-state index < -0.39 is 0 Å². The molecule has 1 saturated heterocycles. The molecule has 0 spiro atoms. The zero-order valence-electron chi connectivity index (χ0n) is 21.4. The smallest absolute Gasteiger partial charge is 0.253 e. The van der Waals surface area contributed by atoms with Crippen molar-refractivity contribution in [3.8, 4) is 0 Å². The highest BCUT2D eigenvalue weighted by Crippen LogP contribution is 2.40. The maximum absolute atomic E-state index is 13.8. The molecule has 6 heteroatoms. The maximum atomic E-state index is 13.8. The highest BCUT2D eigenvalue weighted by Gasteiger charge is 2.37. The van der Waals surface area contributed by atoms with Gasteiger partial charge in [0.05, 0.1) is 12.1 Å².